The number of benzene rings is 2. The molecule has 0 bridgehead atoms. The van der Waals surface area contributed by atoms with Gasteiger partial charge >= 0.3 is 0 Å². The monoisotopic (exact) mass is 445 g/mol. The number of para-hydroxylation sites is 2. The molecule has 0 spiro atoms. The quantitative estimate of drug-likeness (QED) is 0.411. The highest BCUT2D eigenvalue weighted by Gasteiger charge is 2.20. The number of fused-ring (bicyclic) bond motifs is 1. The standard InChI is InChI=1S/C23H19N5O3S/c24-15-17-9-11-19(12-10-17)32(29,30)28-22-23(27-21-8-2-1-7-20(21)26-22)31-14-4-6-18-5-3-13-25-16-18/h1-3,5,7-13,16H,4,6,14H2,(H,26,28). The maximum absolute atomic E-state index is 12.9. The molecule has 0 atom stereocenters. The van der Waals surface area contributed by atoms with E-state index in [1.807, 2.05) is 24.3 Å². The largest absolute Gasteiger partial charge is 0.475 e. The second-order valence-electron chi connectivity index (χ2n) is 6.92. The molecule has 32 heavy (non-hydrogen) atoms. The van der Waals surface area contributed by atoms with Gasteiger partial charge in [-0.25, -0.2) is 18.4 Å². The van der Waals surface area contributed by atoms with Gasteiger partial charge in [0.25, 0.3) is 15.9 Å². The van der Waals surface area contributed by atoms with Gasteiger partial charge < -0.3 is 4.74 Å². The zero-order valence-corrected chi connectivity index (χ0v) is 17.8. The lowest BCUT2D eigenvalue weighted by molar-refractivity contribution is 0.301. The molecular weight excluding hydrogens is 426 g/mol. The molecule has 0 aliphatic carbocycles. The normalized spacial score (nSPS) is 11.1. The van der Waals surface area contributed by atoms with Gasteiger partial charge in [0, 0.05) is 12.4 Å². The van der Waals surface area contributed by atoms with Crippen LogP contribution in [0, 0.1) is 11.3 Å². The lowest BCUT2D eigenvalue weighted by Gasteiger charge is -2.13. The zero-order chi connectivity index (χ0) is 22.4. The number of rotatable bonds is 8. The van der Waals surface area contributed by atoms with E-state index in [1.165, 1.54) is 24.3 Å². The number of sulfonamides is 1. The number of anilines is 1. The molecule has 1 N–H and O–H groups in total. The van der Waals surface area contributed by atoms with Crippen LogP contribution in [0.5, 0.6) is 5.88 Å². The van der Waals surface area contributed by atoms with Gasteiger partial charge in [0.15, 0.2) is 0 Å². The first-order valence-electron chi connectivity index (χ1n) is 9.87. The van der Waals surface area contributed by atoms with Crippen LogP contribution in [0.2, 0.25) is 0 Å². The first-order chi connectivity index (χ1) is 15.5. The van der Waals surface area contributed by atoms with Crippen LogP contribution in [0.1, 0.15) is 17.5 Å². The van der Waals surface area contributed by atoms with E-state index in [4.69, 9.17) is 10.00 Å². The molecule has 0 aliphatic heterocycles. The SMILES string of the molecule is N#Cc1ccc(S(=O)(=O)Nc2nc3ccccc3nc2OCCCc2cccnc2)cc1. The lowest BCUT2D eigenvalue weighted by Crippen LogP contribution is -2.16. The van der Waals surface area contributed by atoms with Gasteiger partial charge in [0.05, 0.1) is 34.2 Å². The summed E-state index contributed by atoms with van der Waals surface area (Å²) in [5, 5.41) is 8.93. The number of nitrogens with zero attached hydrogens (tertiary/aromatic N) is 4. The molecule has 0 saturated heterocycles. The summed E-state index contributed by atoms with van der Waals surface area (Å²) < 4.78 is 34.1. The Hall–Kier alpha value is -4.03. The molecule has 160 valence electrons. The Morgan fingerprint density at radius 1 is 0.969 bits per heavy atom. The highest BCUT2D eigenvalue weighted by atomic mass is 32.2. The maximum atomic E-state index is 12.9. The summed E-state index contributed by atoms with van der Waals surface area (Å²) in [6.07, 6.45) is 4.98. The molecule has 4 aromatic rings. The second-order valence-corrected chi connectivity index (χ2v) is 8.60. The summed E-state index contributed by atoms with van der Waals surface area (Å²) in [7, 11) is -3.95. The van der Waals surface area contributed by atoms with E-state index in [9.17, 15) is 8.42 Å². The van der Waals surface area contributed by atoms with Crippen LogP contribution in [0.25, 0.3) is 11.0 Å². The molecule has 2 aromatic carbocycles. The summed E-state index contributed by atoms with van der Waals surface area (Å²) in [5.41, 5.74) is 2.58. The van der Waals surface area contributed by atoms with E-state index in [-0.39, 0.29) is 16.6 Å². The Labute approximate surface area is 185 Å². The van der Waals surface area contributed by atoms with E-state index in [2.05, 4.69) is 19.7 Å². The topological polar surface area (TPSA) is 118 Å². The molecule has 0 unspecified atom stereocenters. The Morgan fingerprint density at radius 2 is 1.72 bits per heavy atom. The fourth-order valence-corrected chi connectivity index (χ4v) is 4.04. The van der Waals surface area contributed by atoms with E-state index in [0.717, 1.165) is 12.0 Å². The van der Waals surface area contributed by atoms with Gasteiger partial charge in [-0.05, 0) is 60.9 Å². The predicted molar refractivity (Wildman–Crippen MR) is 120 cm³/mol. The smallest absolute Gasteiger partial charge is 0.263 e. The van der Waals surface area contributed by atoms with Gasteiger partial charge in [-0.3, -0.25) is 9.71 Å². The first-order valence-corrected chi connectivity index (χ1v) is 11.3. The number of pyridine rings is 1. The Morgan fingerprint density at radius 3 is 2.41 bits per heavy atom. The third-order valence-corrected chi connectivity index (χ3v) is 5.99. The number of nitrogens with one attached hydrogen (secondary N) is 1. The molecule has 0 aliphatic rings. The third-order valence-electron chi connectivity index (χ3n) is 4.63. The van der Waals surface area contributed by atoms with E-state index in [0.29, 0.717) is 29.6 Å². The molecular formula is C23H19N5O3S. The fraction of sp³-hybridized carbons (Fsp3) is 0.130. The Kier molecular flexibility index (Phi) is 6.24. The number of hydrogen-bond donors (Lipinski definition) is 1. The molecule has 0 saturated carbocycles. The van der Waals surface area contributed by atoms with Crippen molar-refractivity contribution in [1.29, 1.82) is 5.26 Å². The highest BCUT2D eigenvalue weighted by molar-refractivity contribution is 7.92. The highest BCUT2D eigenvalue weighted by Crippen LogP contribution is 2.26. The van der Waals surface area contributed by atoms with Gasteiger partial charge in [0.2, 0.25) is 5.82 Å². The maximum Gasteiger partial charge on any atom is 0.263 e. The fourth-order valence-electron chi connectivity index (χ4n) is 3.04. The number of nitriles is 1. The van der Waals surface area contributed by atoms with Crippen LogP contribution in [0.4, 0.5) is 5.82 Å². The summed E-state index contributed by atoms with van der Waals surface area (Å²) in [5.74, 6) is 0.113. The first kappa shape index (κ1) is 21.2. The van der Waals surface area contributed by atoms with E-state index >= 15 is 0 Å². The van der Waals surface area contributed by atoms with Gasteiger partial charge in [-0.15, -0.1) is 0 Å². The molecule has 0 fully saturated rings. The van der Waals surface area contributed by atoms with Crippen molar-refractivity contribution in [3.05, 3.63) is 84.2 Å². The number of aromatic nitrogens is 3. The number of aryl methyl sites for hydroxylation is 1. The summed E-state index contributed by atoms with van der Waals surface area (Å²) >= 11 is 0. The second kappa shape index (κ2) is 9.41. The molecule has 0 radical (unpaired) electrons. The Bertz CT molecular complexity index is 1370. The average molecular weight is 446 g/mol. The van der Waals surface area contributed by atoms with Crippen LogP contribution < -0.4 is 9.46 Å². The van der Waals surface area contributed by atoms with E-state index in [1.54, 1.807) is 30.6 Å². The minimum Gasteiger partial charge on any atom is -0.475 e. The van der Waals surface area contributed by atoms with Crippen LogP contribution in [0.3, 0.4) is 0 Å². The number of hydrogen-bond acceptors (Lipinski definition) is 7. The van der Waals surface area contributed by atoms with Crippen LogP contribution in [0.15, 0.2) is 78.0 Å². The minimum absolute atomic E-state index is 0.00832. The third kappa shape index (κ3) is 4.99. The van der Waals surface area contributed by atoms with Gasteiger partial charge in [-0.2, -0.15) is 5.26 Å². The van der Waals surface area contributed by atoms with Crippen molar-refractivity contribution in [2.45, 2.75) is 17.7 Å². The predicted octanol–water partition coefficient (Wildman–Crippen LogP) is 3.71. The van der Waals surface area contributed by atoms with Crippen molar-refractivity contribution >= 4 is 26.9 Å². The Balaban J connectivity index is 1.56. The van der Waals surface area contributed by atoms with Crippen LogP contribution in [-0.4, -0.2) is 30.0 Å². The van der Waals surface area contributed by atoms with Crippen molar-refractivity contribution in [3.63, 3.8) is 0 Å². The number of ether oxygens (including phenoxy) is 1. The summed E-state index contributed by atoms with van der Waals surface area (Å²) in [6.45, 7) is 0.327. The molecule has 0 amide bonds. The summed E-state index contributed by atoms with van der Waals surface area (Å²) in [4.78, 5) is 13.0. The van der Waals surface area contributed by atoms with Gasteiger partial charge in [-0.1, -0.05) is 18.2 Å². The molecule has 2 heterocycles. The molecule has 4 rings (SSSR count). The summed E-state index contributed by atoms with van der Waals surface area (Å²) in [6, 6.07) is 18.6. The van der Waals surface area contributed by atoms with Crippen molar-refractivity contribution < 1.29 is 13.2 Å². The van der Waals surface area contributed by atoms with E-state index < -0.39 is 10.0 Å². The van der Waals surface area contributed by atoms with Crippen molar-refractivity contribution in [2.75, 3.05) is 11.3 Å². The molecule has 2 aromatic heterocycles. The van der Waals surface area contributed by atoms with Crippen molar-refractivity contribution in [1.82, 2.24) is 15.0 Å². The minimum atomic E-state index is -3.95. The molecule has 8 nitrogen and oxygen atoms in total. The molecule has 9 heteroatoms. The van der Waals surface area contributed by atoms with Crippen molar-refractivity contribution in [3.8, 4) is 11.9 Å². The van der Waals surface area contributed by atoms with Crippen LogP contribution >= 0.6 is 0 Å². The van der Waals surface area contributed by atoms with Crippen LogP contribution in [-0.2, 0) is 16.4 Å². The lowest BCUT2D eigenvalue weighted by atomic mass is 10.2. The van der Waals surface area contributed by atoms with Crippen molar-refractivity contribution in [2.24, 2.45) is 0 Å². The average Bonchev–Trinajstić information content (AvgIpc) is 2.82. The zero-order valence-electron chi connectivity index (χ0n) is 17.0. The van der Waals surface area contributed by atoms with Gasteiger partial charge in [0.1, 0.15) is 0 Å².